The zero-order valence-electron chi connectivity index (χ0n) is 11.8. The smallest absolute Gasteiger partial charge is 0.131 e. The Kier molecular flexibility index (Phi) is 4.00. The second-order valence-corrected chi connectivity index (χ2v) is 5.27. The lowest BCUT2D eigenvalue weighted by Gasteiger charge is -2.20. The Balaban J connectivity index is 2.33. The van der Waals surface area contributed by atoms with Crippen LogP contribution in [0.4, 0.5) is 0 Å². The third-order valence-electron chi connectivity index (χ3n) is 3.48. The van der Waals surface area contributed by atoms with Gasteiger partial charge in [0.25, 0.3) is 0 Å². The summed E-state index contributed by atoms with van der Waals surface area (Å²) in [6, 6.07) is 20.2. The first-order valence-electron chi connectivity index (χ1n) is 6.62. The SMILES string of the molecule is CC(=O)CC(C)(C#N)c1ccc(-c2ccccc2)cc1. The lowest BCUT2D eigenvalue weighted by atomic mass is 9.79. The molecule has 0 fully saturated rings. The third-order valence-corrected chi connectivity index (χ3v) is 3.48. The quantitative estimate of drug-likeness (QED) is 0.832. The molecule has 0 aromatic heterocycles. The standard InChI is InChI=1S/C18H17NO/c1-14(20)12-18(2,13-19)17-10-8-16(9-11-17)15-6-4-3-5-7-15/h3-11H,12H2,1-2H3. The Morgan fingerprint density at radius 3 is 2.10 bits per heavy atom. The van der Waals surface area contributed by atoms with Crippen LogP contribution in [0, 0.1) is 11.3 Å². The molecule has 2 aromatic rings. The van der Waals surface area contributed by atoms with Gasteiger partial charge < -0.3 is 0 Å². The van der Waals surface area contributed by atoms with Crippen molar-refractivity contribution in [1.29, 1.82) is 5.26 Å². The summed E-state index contributed by atoms with van der Waals surface area (Å²) in [5, 5.41) is 9.37. The fourth-order valence-corrected chi connectivity index (χ4v) is 2.37. The van der Waals surface area contributed by atoms with Gasteiger partial charge >= 0.3 is 0 Å². The first-order valence-corrected chi connectivity index (χ1v) is 6.62. The minimum Gasteiger partial charge on any atom is -0.300 e. The highest BCUT2D eigenvalue weighted by molar-refractivity contribution is 5.78. The molecule has 0 saturated carbocycles. The van der Waals surface area contributed by atoms with Crippen molar-refractivity contribution in [3.8, 4) is 17.2 Å². The number of Topliss-reactive ketones (excluding diaryl/α,β-unsaturated/α-hetero) is 1. The molecule has 0 aliphatic carbocycles. The van der Waals surface area contributed by atoms with E-state index in [1.807, 2.05) is 61.5 Å². The van der Waals surface area contributed by atoms with E-state index in [9.17, 15) is 10.1 Å². The number of benzene rings is 2. The number of ketones is 1. The monoisotopic (exact) mass is 263 g/mol. The largest absolute Gasteiger partial charge is 0.300 e. The van der Waals surface area contributed by atoms with E-state index in [1.165, 1.54) is 6.92 Å². The normalized spacial score (nSPS) is 13.2. The molecule has 1 unspecified atom stereocenters. The molecule has 2 rings (SSSR count). The van der Waals surface area contributed by atoms with Crippen LogP contribution >= 0.6 is 0 Å². The molecule has 2 heteroatoms. The van der Waals surface area contributed by atoms with Crippen molar-refractivity contribution in [1.82, 2.24) is 0 Å². The Labute approximate surface area is 119 Å². The zero-order chi connectivity index (χ0) is 14.6. The number of hydrogen-bond donors (Lipinski definition) is 0. The fraction of sp³-hybridized carbons (Fsp3) is 0.222. The van der Waals surface area contributed by atoms with Crippen molar-refractivity contribution in [3.05, 3.63) is 60.2 Å². The summed E-state index contributed by atoms with van der Waals surface area (Å²) in [6.07, 6.45) is 0.244. The fourth-order valence-electron chi connectivity index (χ4n) is 2.37. The second-order valence-electron chi connectivity index (χ2n) is 5.27. The topological polar surface area (TPSA) is 40.9 Å². The second kappa shape index (κ2) is 5.71. The Morgan fingerprint density at radius 1 is 1.05 bits per heavy atom. The van der Waals surface area contributed by atoms with E-state index in [0.717, 1.165) is 16.7 Å². The van der Waals surface area contributed by atoms with Crippen molar-refractivity contribution >= 4 is 5.78 Å². The average Bonchev–Trinajstić information content (AvgIpc) is 2.47. The van der Waals surface area contributed by atoms with E-state index < -0.39 is 5.41 Å². The maximum absolute atomic E-state index is 11.3. The Morgan fingerprint density at radius 2 is 1.60 bits per heavy atom. The summed E-state index contributed by atoms with van der Waals surface area (Å²) >= 11 is 0. The maximum atomic E-state index is 11.3. The van der Waals surface area contributed by atoms with Crippen LogP contribution < -0.4 is 0 Å². The van der Waals surface area contributed by atoms with Crippen LogP contribution in [0.5, 0.6) is 0 Å². The summed E-state index contributed by atoms with van der Waals surface area (Å²) in [7, 11) is 0. The van der Waals surface area contributed by atoms with Gasteiger partial charge in [0, 0.05) is 6.42 Å². The van der Waals surface area contributed by atoms with Crippen molar-refractivity contribution in [2.45, 2.75) is 25.7 Å². The van der Waals surface area contributed by atoms with Crippen LogP contribution in [0.1, 0.15) is 25.8 Å². The Bertz CT molecular complexity index is 637. The van der Waals surface area contributed by atoms with E-state index in [0.29, 0.717) is 0 Å². The van der Waals surface area contributed by atoms with E-state index >= 15 is 0 Å². The minimum absolute atomic E-state index is 0.0289. The van der Waals surface area contributed by atoms with Gasteiger partial charge in [-0.2, -0.15) is 5.26 Å². The summed E-state index contributed by atoms with van der Waals surface area (Å²) in [4.78, 5) is 11.3. The molecule has 2 nitrogen and oxygen atoms in total. The lowest BCUT2D eigenvalue weighted by Crippen LogP contribution is -2.22. The van der Waals surface area contributed by atoms with Gasteiger partial charge in [-0.25, -0.2) is 0 Å². The van der Waals surface area contributed by atoms with Crippen LogP contribution in [0.15, 0.2) is 54.6 Å². The highest BCUT2D eigenvalue weighted by Gasteiger charge is 2.28. The first kappa shape index (κ1) is 14.0. The van der Waals surface area contributed by atoms with Gasteiger partial charge in [-0.05, 0) is 30.5 Å². The van der Waals surface area contributed by atoms with Crippen LogP contribution in [0.3, 0.4) is 0 Å². The van der Waals surface area contributed by atoms with Gasteiger partial charge in [0.1, 0.15) is 5.78 Å². The molecule has 20 heavy (non-hydrogen) atoms. The van der Waals surface area contributed by atoms with Crippen LogP contribution in [0.2, 0.25) is 0 Å². The molecule has 0 spiro atoms. The van der Waals surface area contributed by atoms with Crippen molar-refractivity contribution < 1.29 is 4.79 Å². The van der Waals surface area contributed by atoms with E-state index in [4.69, 9.17) is 0 Å². The molecule has 100 valence electrons. The highest BCUT2D eigenvalue weighted by Crippen LogP contribution is 2.29. The molecule has 2 aromatic carbocycles. The van der Waals surface area contributed by atoms with Crippen molar-refractivity contribution in [2.24, 2.45) is 0 Å². The molecule has 0 heterocycles. The van der Waals surface area contributed by atoms with Crippen LogP contribution in [-0.4, -0.2) is 5.78 Å². The van der Waals surface area contributed by atoms with Crippen molar-refractivity contribution in [2.75, 3.05) is 0 Å². The molecule has 0 aliphatic rings. The Hall–Kier alpha value is -2.40. The number of hydrogen-bond acceptors (Lipinski definition) is 2. The summed E-state index contributed by atoms with van der Waals surface area (Å²) in [5.74, 6) is 0.0289. The van der Waals surface area contributed by atoms with Crippen LogP contribution in [0.25, 0.3) is 11.1 Å². The first-order chi connectivity index (χ1) is 9.55. The predicted octanol–water partition coefficient (Wildman–Crippen LogP) is 4.11. The maximum Gasteiger partial charge on any atom is 0.131 e. The van der Waals surface area contributed by atoms with Gasteiger partial charge in [0.05, 0.1) is 11.5 Å². The number of nitriles is 1. The molecule has 0 radical (unpaired) electrons. The summed E-state index contributed by atoms with van der Waals surface area (Å²) in [5.41, 5.74) is 2.39. The highest BCUT2D eigenvalue weighted by atomic mass is 16.1. The van der Waals surface area contributed by atoms with Crippen molar-refractivity contribution in [3.63, 3.8) is 0 Å². The molecule has 0 saturated heterocycles. The number of carbonyl (C=O) groups excluding carboxylic acids is 1. The van der Waals surface area contributed by atoms with E-state index in [2.05, 4.69) is 6.07 Å². The molecule has 1 atom stereocenters. The number of carbonyl (C=O) groups is 1. The number of nitrogens with zero attached hydrogens (tertiary/aromatic N) is 1. The molecule has 0 aliphatic heterocycles. The minimum atomic E-state index is -0.749. The van der Waals surface area contributed by atoms with E-state index in [-0.39, 0.29) is 12.2 Å². The number of rotatable bonds is 4. The van der Waals surface area contributed by atoms with Gasteiger partial charge in [0.2, 0.25) is 0 Å². The lowest BCUT2D eigenvalue weighted by molar-refractivity contribution is -0.117. The third kappa shape index (κ3) is 2.95. The summed E-state index contributed by atoms with van der Waals surface area (Å²) < 4.78 is 0. The van der Waals surface area contributed by atoms with E-state index in [1.54, 1.807) is 0 Å². The average molecular weight is 263 g/mol. The van der Waals surface area contributed by atoms with Crippen LogP contribution in [-0.2, 0) is 10.2 Å². The zero-order valence-corrected chi connectivity index (χ0v) is 11.8. The molecule has 0 amide bonds. The molecular formula is C18H17NO. The van der Waals surface area contributed by atoms with Gasteiger partial charge in [-0.3, -0.25) is 4.79 Å². The van der Waals surface area contributed by atoms with Gasteiger partial charge in [0.15, 0.2) is 0 Å². The van der Waals surface area contributed by atoms with Gasteiger partial charge in [-0.15, -0.1) is 0 Å². The van der Waals surface area contributed by atoms with Gasteiger partial charge in [-0.1, -0.05) is 54.6 Å². The summed E-state index contributed by atoms with van der Waals surface area (Å²) in [6.45, 7) is 3.33. The molecular weight excluding hydrogens is 246 g/mol. The molecule has 0 bridgehead atoms. The predicted molar refractivity (Wildman–Crippen MR) is 80.1 cm³/mol. The molecule has 0 N–H and O–H groups in total.